The van der Waals surface area contributed by atoms with E-state index in [4.69, 9.17) is 0 Å². The van der Waals surface area contributed by atoms with E-state index in [-0.39, 0.29) is 5.56 Å². The smallest absolute Gasteiger partial charge is 0.267 e. The maximum Gasteiger partial charge on any atom is 0.267 e. The lowest BCUT2D eigenvalue weighted by Crippen LogP contribution is -2.26. The zero-order valence-electron chi connectivity index (χ0n) is 9.77. The molecule has 3 nitrogen and oxygen atoms in total. The monoisotopic (exact) mass is 340 g/mol. The predicted octanol–water partition coefficient (Wildman–Crippen LogP) is 2.51. The molecular weight excluding hydrogens is 327 g/mol. The van der Waals surface area contributed by atoms with E-state index in [9.17, 15) is 4.79 Å². The Morgan fingerprint density at radius 1 is 1.29 bits per heavy atom. The quantitative estimate of drug-likeness (QED) is 0.788. The van der Waals surface area contributed by atoms with Crippen LogP contribution in [0.3, 0.4) is 0 Å². The third kappa shape index (κ3) is 2.57. The summed E-state index contributed by atoms with van der Waals surface area (Å²) in [6.07, 6.45) is 1.62. The highest BCUT2D eigenvalue weighted by Gasteiger charge is 2.07. The van der Waals surface area contributed by atoms with Gasteiger partial charge in [-0.2, -0.15) is 0 Å². The second-order valence-corrected chi connectivity index (χ2v) is 5.13. The Labute approximate surface area is 114 Å². The highest BCUT2D eigenvalue weighted by Crippen LogP contribution is 2.09. The van der Waals surface area contributed by atoms with Gasteiger partial charge in [-0.1, -0.05) is 24.3 Å². The molecule has 0 N–H and O–H groups in total. The Kier molecular flexibility index (Phi) is 3.61. The number of hydrogen-bond donors (Lipinski definition) is 0. The summed E-state index contributed by atoms with van der Waals surface area (Å²) in [5.41, 5.74) is 2.38. The Hall–Kier alpha value is -1.17. The molecule has 17 heavy (non-hydrogen) atoms. The molecule has 0 unspecified atom stereocenters. The molecule has 0 aliphatic rings. The average molecular weight is 340 g/mol. The summed E-state index contributed by atoms with van der Waals surface area (Å²) in [6.45, 7) is 4.49. The number of benzene rings is 1. The molecule has 0 spiro atoms. The van der Waals surface area contributed by atoms with Gasteiger partial charge in [-0.3, -0.25) is 9.36 Å². The second kappa shape index (κ2) is 5.00. The van der Waals surface area contributed by atoms with Gasteiger partial charge in [0.1, 0.15) is 5.82 Å². The van der Waals surface area contributed by atoms with Gasteiger partial charge >= 0.3 is 0 Å². The minimum atomic E-state index is 0.0290. The first-order valence-electron chi connectivity index (χ1n) is 5.36. The number of aryl methyl sites for hydroxylation is 2. The van der Waals surface area contributed by atoms with Crippen LogP contribution in [0.25, 0.3) is 0 Å². The summed E-state index contributed by atoms with van der Waals surface area (Å²) < 4.78 is 2.37. The first kappa shape index (κ1) is 12.3. The van der Waals surface area contributed by atoms with Crippen LogP contribution in [0.4, 0.5) is 0 Å². The maximum absolute atomic E-state index is 12.0. The van der Waals surface area contributed by atoms with E-state index in [1.54, 1.807) is 10.8 Å². The molecule has 1 aromatic heterocycles. The van der Waals surface area contributed by atoms with Crippen LogP contribution in [0, 0.1) is 17.4 Å². The van der Waals surface area contributed by atoms with Gasteiger partial charge in [-0.15, -0.1) is 0 Å². The first-order valence-corrected chi connectivity index (χ1v) is 6.44. The van der Waals surface area contributed by atoms with E-state index < -0.39 is 0 Å². The van der Waals surface area contributed by atoms with Gasteiger partial charge in [0.05, 0.1) is 10.1 Å². The minimum absolute atomic E-state index is 0.0290. The van der Waals surface area contributed by atoms with Crippen molar-refractivity contribution in [2.24, 2.45) is 0 Å². The highest BCUT2D eigenvalue weighted by molar-refractivity contribution is 14.1. The van der Waals surface area contributed by atoms with Crippen LogP contribution in [0.15, 0.2) is 35.3 Å². The van der Waals surface area contributed by atoms with Crippen LogP contribution in [0.2, 0.25) is 0 Å². The van der Waals surface area contributed by atoms with Crippen LogP contribution in [0.5, 0.6) is 0 Å². The topological polar surface area (TPSA) is 34.9 Å². The van der Waals surface area contributed by atoms with Crippen molar-refractivity contribution in [1.82, 2.24) is 9.55 Å². The number of nitrogens with zero attached hydrogens (tertiary/aromatic N) is 2. The molecule has 4 heteroatoms. The molecule has 2 aromatic rings. The fourth-order valence-electron chi connectivity index (χ4n) is 1.69. The van der Waals surface area contributed by atoms with Crippen LogP contribution in [-0.2, 0) is 6.54 Å². The third-order valence-electron chi connectivity index (χ3n) is 2.79. The van der Waals surface area contributed by atoms with Gasteiger partial charge in [-0.05, 0) is 47.6 Å². The third-order valence-corrected chi connectivity index (χ3v) is 3.53. The normalized spacial score (nSPS) is 10.5. The van der Waals surface area contributed by atoms with E-state index in [2.05, 4.69) is 18.0 Å². The van der Waals surface area contributed by atoms with Crippen molar-refractivity contribution < 1.29 is 0 Å². The Bertz CT molecular complexity index is 605. The summed E-state index contributed by atoms with van der Waals surface area (Å²) >= 11 is 2.02. The van der Waals surface area contributed by atoms with E-state index in [0.29, 0.717) is 10.1 Å². The van der Waals surface area contributed by atoms with Crippen LogP contribution in [-0.4, -0.2) is 9.55 Å². The molecule has 0 radical (unpaired) electrons. The standard InChI is InChI=1S/C13H13IN2O/c1-9-5-3-4-6-11(9)8-16-10(2)15-7-12(14)13(16)17/h3-7H,8H2,1-2H3. The molecule has 0 fully saturated rings. The lowest BCUT2D eigenvalue weighted by molar-refractivity contribution is 0.692. The molecule has 0 saturated heterocycles. The van der Waals surface area contributed by atoms with Crippen molar-refractivity contribution >= 4 is 22.6 Å². The molecule has 0 atom stereocenters. The summed E-state index contributed by atoms with van der Waals surface area (Å²) in [5.74, 6) is 0.749. The number of halogens is 1. The van der Waals surface area contributed by atoms with E-state index in [1.165, 1.54) is 5.56 Å². The van der Waals surface area contributed by atoms with Crippen LogP contribution >= 0.6 is 22.6 Å². The molecule has 88 valence electrons. The Morgan fingerprint density at radius 2 is 2.00 bits per heavy atom. The number of rotatable bonds is 2. The van der Waals surface area contributed by atoms with Gasteiger partial charge in [-0.25, -0.2) is 4.98 Å². The SMILES string of the molecule is Cc1ccccc1Cn1c(C)ncc(I)c1=O. The molecule has 2 rings (SSSR count). The lowest BCUT2D eigenvalue weighted by atomic mass is 10.1. The van der Waals surface area contributed by atoms with E-state index in [1.807, 2.05) is 47.7 Å². The van der Waals surface area contributed by atoms with Gasteiger partial charge in [0.2, 0.25) is 0 Å². The number of hydrogen-bond acceptors (Lipinski definition) is 2. The van der Waals surface area contributed by atoms with Crippen molar-refractivity contribution in [3.8, 4) is 0 Å². The summed E-state index contributed by atoms with van der Waals surface area (Å²) in [7, 11) is 0. The fraction of sp³-hybridized carbons (Fsp3) is 0.231. The van der Waals surface area contributed by atoms with E-state index in [0.717, 1.165) is 11.4 Å². The fourth-order valence-corrected chi connectivity index (χ4v) is 2.13. The van der Waals surface area contributed by atoms with Crippen molar-refractivity contribution in [1.29, 1.82) is 0 Å². The zero-order valence-corrected chi connectivity index (χ0v) is 11.9. The lowest BCUT2D eigenvalue weighted by Gasteiger charge is -2.11. The van der Waals surface area contributed by atoms with Crippen LogP contribution < -0.4 is 5.56 Å². The van der Waals surface area contributed by atoms with Gasteiger partial charge in [0.15, 0.2) is 0 Å². The Morgan fingerprint density at radius 3 is 2.71 bits per heavy atom. The average Bonchev–Trinajstić information content (AvgIpc) is 2.32. The van der Waals surface area contributed by atoms with Gasteiger partial charge < -0.3 is 0 Å². The minimum Gasteiger partial charge on any atom is -0.291 e. The molecule has 1 heterocycles. The van der Waals surface area contributed by atoms with Crippen molar-refractivity contribution in [2.45, 2.75) is 20.4 Å². The van der Waals surface area contributed by atoms with Crippen molar-refractivity contribution in [2.75, 3.05) is 0 Å². The largest absolute Gasteiger partial charge is 0.291 e. The number of aromatic nitrogens is 2. The van der Waals surface area contributed by atoms with Crippen LogP contribution in [0.1, 0.15) is 17.0 Å². The summed E-state index contributed by atoms with van der Waals surface area (Å²) in [5, 5.41) is 0. The molecule has 0 aliphatic heterocycles. The molecule has 0 aliphatic carbocycles. The molecular formula is C13H13IN2O. The summed E-state index contributed by atoms with van der Waals surface area (Å²) in [6, 6.07) is 8.09. The first-order chi connectivity index (χ1) is 8.09. The Balaban J connectivity index is 2.47. The van der Waals surface area contributed by atoms with Crippen molar-refractivity contribution in [3.05, 3.63) is 61.3 Å². The second-order valence-electron chi connectivity index (χ2n) is 3.97. The van der Waals surface area contributed by atoms with Crippen molar-refractivity contribution in [3.63, 3.8) is 0 Å². The molecule has 0 bridgehead atoms. The predicted molar refractivity (Wildman–Crippen MR) is 76.2 cm³/mol. The molecule has 0 amide bonds. The van der Waals surface area contributed by atoms with Gasteiger partial charge in [0, 0.05) is 6.20 Å². The highest BCUT2D eigenvalue weighted by atomic mass is 127. The van der Waals surface area contributed by atoms with E-state index >= 15 is 0 Å². The summed E-state index contributed by atoms with van der Waals surface area (Å²) in [4.78, 5) is 16.2. The molecule has 1 aromatic carbocycles. The maximum atomic E-state index is 12.0. The molecule has 0 saturated carbocycles. The zero-order chi connectivity index (χ0) is 12.4. The van der Waals surface area contributed by atoms with Gasteiger partial charge in [0.25, 0.3) is 5.56 Å².